The van der Waals surface area contributed by atoms with Gasteiger partial charge in [0.2, 0.25) is 10.0 Å². The summed E-state index contributed by atoms with van der Waals surface area (Å²) in [5.41, 5.74) is 2.01. The molecule has 8 nitrogen and oxygen atoms in total. The highest BCUT2D eigenvalue weighted by molar-refractivity contribution is 7.89. The molecule has 1 N–H and O–H groups in total. The second kappa shape index (κ2) is 10.0. The van der Waals surface area contributed by atoms with Crippen LogP contribution in [-0.2, 0) is 10.0 Å². The van der Waals surface area contributed by atoms with Crippen molar-refractivity contribution in [2.45, 2.75) is 43.5 Å². The third kappa shape index (κ3) is 5.26. The van der Waals surface area contributed by atoms with Crippen molar-refractivity contribution in [2.75, 3.05) is 13.1 Å². The Hall–Kier alpha value is -2.75. The van der Waals surface area contributed by atoms with E-state index < -0.39 is 10.0 Å². The van der Waals surface area contributed by atoms with E-state index in [0.29, 0.717) is 13.1 Å². The number of nitrogens with one attached hydrogen (secondary N) is 1. The number of amides is 1. The van der Waals surface area contributed by atoms with Gasteiger partial charge in [-0.15, -0.1) is 0 Å². The molecule has 1 amide bonds. The lowest BCUT2D eigenvalue weighted by Crippen LogP contribution is -2.32. The predicted molar refractivity (Wildman–Crippen MR) is 126 cm³/mol. The summed E-state index contributed by atoms with van der Waals surface area (Å²) < 4.78 is 29.5. The van der Waals surface area contributed by atoms with Crippen LogP contribution >= 0.6 is 11.6 Å². The van der Waals surface area contributed by atoms with Crippen LogP contribution in [0.1, 0.15) is 54.6 Å². The maximum absolute atomic E-state index is 13.2. The van der Waals surface area contributed by atoms with E-state index in [1.165, 1.54) is 22.8 Å². The molecule has 10 heteroatoms. The SMILES string of the molecule is C[C@@H](NC(=O)c1ccc(Cl)c(S(=O)(=O)N2CCCCCC2)c1)c1ccc(-n2cncn2)cc1. The van der Waals surface area contributed by atoms with Gasteiger partial charge in [-0.2, -0.15) is 9.40 Å². The fourth-order valence-electron chi connectivity index (χ4n) is 3.88. The molecular weight excluding hydrogens is 462 g/mol. The zero-order chi connectivity index (χ0) is 23.4. The Balaban J connectivity index is 1.50. The van der Waals surface area contributed by atoms with Gasteiger partial charge in [-0.25, -0.2) is 18.1 Å². The van der Waals surface area contributed by atoms with Crippen LogP contribution in [0.25, 0.3) is 5.69 Å². The summed E-state index contributed by atoms with van der Waals surface area (Å²) in [4.78, 5) is 16.8. The second-order valence-corrected chi connectivity index (χ2v) is 10.4. The largest absolute Gasteiger partial charge is 0.346 e. The van der Waals surface area contributed by atoms with Gasteiger partial charge in [0.05, 0.1) is 16.8 Å². The summed E-state index contributed by atoms with van der Waals surface area (Å²) in [5, 5.41) is 7.14. The molecular formula is C23H26ClN5O3S. The maximum atomic E-state index is 13.2. The molecule has 0 bridgehead atoms. The third-order valence-corrected chi connectivity index (χ3v) is 8.18. The van der Waals surface area contributed by atoms with E-state index in [0.717, 1.165) is 36.9 Å². The molecule has 2 aromatic carbocycles. The van der Waals surface area contributed by atoms with Gasteiger partial charge in [0.15, 0.2) is 0 Å². The van der Waals surface area contributed by atoms with E-state index in [4.69, 9.17) is 11.6 Å². The molecule has 0 saturated carbocycles. The molecule has 1 aromatic heterocycles. The van der Waals surface area contributed by atoms with Gasteiger partial charge in [0.1, 0.15) is 17.6 Å². The molecule has 0 spiro atoms. The number of rotatable bonds is 6. The Labute approximate surface area is 198 Å². The van der Waals surface area contributed by atoms with E-state index >= 15 is 0 Å². The number of carbonyl (C=O) groups excluding carboxylic acids is 1. The average molecular weight is 488 g/mol. The van der Waals surface area contributed by atoms with Crippen LogP contribution in [0.4, 0.5) is 0 Å². The first-order chi connectivity index (χ1) is 15.9. The van der Waals surface area contributed by atoms with Crippen LogP contribution in [0.3, 0.4) is 0 Å². The Morgan fingerprint density at radius 1 is 1.06 bits per heavy atom. The highest BCUT2D eigenvalue weighted by Gasteiger charge is 2.28. The van der Waals surface area contributed by atoms with Crippen LogP contribution in [-0.4, -0.2) is 46.5 Å². The zero-order valence-corrected chi connectivity index (χ0v) is 19.9. The standard InChI is InChI=1S/C23H26ClN5O3S/c1-17(18-6-9-20(10-7-18)29-16-25-15-26-29)27-23(30)19-8-11-21(24)22(14-19)33(31,32)28-12-4-2-3-5-13-28/h6-11,14-17H,2-5,12-13H2,1H3,(H,27,30)/t17-/m1/s1. The molecule has 1 aliphatic rings. The smallest absolute Gasteiger partial charge is 0.251 e. The van der Waals surface area contributed by atoms with E-state index in [1.54, 1.807) is 17.1 Å². The lowest BCUT2D eigenvalue weighted by molar-refractivity contribution is 0.0939. The minimum atomic E-state index is -3.77. The van der Waals surface area contributed by atoms with Crippen molar-refractivity contribution in [2.24, 2.45) is 0 Å². The van der Waals surface area contributed by atoms with Crippen molar-refractivity contribution in [1.82, 2.24) is 24.4 Å². The van der Waals surface area contributed by atoms with Crippen LogP contribution in [0.2, 0.25) is 5.02 Å². The minimum Gasteiger partial charge on any atom is -0.346 e. The Morgan fingerprint density at radius 3 is 2.39 bits per heavy atom. The van der Waals surface area contributed by atoms with Gasteiger partial charge in [-0.3, -0.25) is 4.79 Å². The first-order valence-electron chi connectivity index (χ1n) is 10.9. The topological polar surface area (TPSA) is 97.2 Å². The molecule has 33 heavy (non-hydrogen) atoms. The summed E-state index contributed by atoms with van der Waals surface area (Å²) in [5.74, 6) is -0.369. The molecule has 1 atom stereocenters. The quantitative estimate of drug-likeness (QED) is 0.567. The van der Waals surface area contributed by atoms with Gasteiger partial charge in [0.25, 0.3) is 5.91 Å². The van der Waals surface area contributed by atoms with Gasteiger partial charge in [0, 0.05) is 18.7 Å². The Bertz CT molecular complexity index is 1210. The van der Waals surface area contributed by atoms with Crippen LogP contribution in [0.15, 0.2) is 60.0 Å². The van der Waals surface area contributed by atoms with Crippen molar-refractivity contribution in [3.8, 4) is 5.69 Å². The summed E-state index contributed by atoms with van der Waals surface area (Å²) in [7, 11) is -3.77. The van der Waals surface area contributed by atoms with Gasteiger partial charge in [-0.05, 0) is 55.7 Å². The van der Waals surface area contributed by atoms with Crippen molar-refractivity contribution in [1.29, 1.82) is 0 Å². The average Bonchev–Trinajstić information content (AvgIpc) is 3.20. The first-order valence-corrected chi connectivity index (χ1v) is 12.7. The van der Waals surface area contributed by atoms with Crippen LogP contribution < -0.4 is 5.32 Å². The second-order valence-electron chi connectivity index (χ2n) is 8.09. The number of hydrogen-bond donors (Lipinski definition) is 1. The van der Waals surface area contributed by atoms with E-state index in [9.17, 15) is 13.2 Å². The zero-order valence-electron chi connectivity index (χ0n) is 18.3. The number of halogens is 1. The fraction of sp³-hybridized carbons (Fsp3) is 0.348. The number of nitrogens with zero attached hydrogens (tertiary/aromatic N) is 4. The summed E-state index contributed by atoms with van der Waals surface area (Å²) in [6, 6.07) is 11.7. The predicted octanol–water partition coefficient (Wildman–Crippen LogP) is 3.98. The lowest BCUT2D eigenvalue weighted by atomic mass is 10.1. The van der Waals surface area contributed by atoms with Gasteiger partial charge in [-0.1, -0.05) is 36.6 Å². The van der Waals surface area contributed by atoms with Crippen molar-refractivity contribution < 1.29 is 13.2 Å². The Kier molecular flexibility index (Phi) is 7.11. The fourth-order valence-corrected chi connectivity index (χ4v) is 5.90. The highest BCUT2D eigenvalue weighted by atomic mass is 35.5. The van der Waals surface area contributed by atoms with Crippen molar-refractivity contribution >= 4 is 27.5 Å². The lowest BCUT2D eigenvalue weighted by Gasteiger charge is -2.21. The molecule has 0 unspecified atom stereocenters. The third-order valence-electron chi connectivity index (χ3n) is 5.80. The molecule has 2 heterocycles. The number of benzene rings is 2. The monoisotopic (exact) mass is 487 g/mol. The molecule has 1 aliphatic heterocycles. The molecule has 0 aliphatic carbocycles. The van der Waals surface area contributed by atoms with Crippen molar-refractivity contribution in [3.63, 3.8) is 0 Å². The van der Waals surface area contributed by atoms with Crippen LogP contribution in [0, 0.1) is 0 Å². The molecule has 1 saturated heterocycles. The van der Waals surface area contributed by atoms with Gasteiger partial charge >= 0.3 is 0 Å². The van der Waals surface area contributed by atoms with Crippen LogP contribution in [0.5, 0.6) is 0 Å². The van der Waals surface area contributed by atoms with Gasteiger partial charge < -0.3 is 5.32 Å². The van der Waals surface area contributed by atoms with Crippen molar-refractivity contribution in [3.05, 3.63) is 71.3 Å². The number of hydrogen-bond acceptors (Lipinski definition) is 5. The van der Waals surface area contributed by atoms with E-state index in [2.05, 4.69) is 15.4 Å². The normalized spacial score (nSPS) is 16.2. The number of sulfonamides is 1. The summed E-state index contributed by atoms with van der Waals surface area (Å²) >= 11 is 6.26. The molecule has 3 aromatic rings. The number of aromatic nitrogens is 3. The number of carbonyl (C=O) groups is 1. The van der Waals surface area contributed by atoms with E-state index in [1.807, 2.05) is 31.2 Å². The molecule has 174 valence electrons. The molecule has 0 radical (unpaired) electrons. The Morgan fingerprint density at radius 2 is 1.76 bits per heavy atom. The molecule has 1 fully saturated rings. The summed E-state index contributed by atoms with van der Waals surface area (Å²) in [6.07, 6.45) is 6.75. The van der Waals surface area contributed by atoms with E-state index in [-0.39, 0.29) is 27.4 Å². The first kappa shape index (κ1) is 23.4. The minimum absolute atomic E-state index is 0.0245. The highest BCUT2D eigenvalue weighted by Crippen LogP contribution is 2.28. The molecule has 4 rings (SSSR count). The maximum Gasteiger partial charge on any atom is 0.251 e. The summed E-state index contributed by atoms with van der Waals surface area (Å²) in [6.45, 7) is 2.81.